The highest BCUT2D eigenvalue weighted by Gasteiger charge is 2.19. The third-order valence-electron chi connectivity index (χ3n) is 3.42. The van der Waals surface area contributed by atoms with Crippen LogP contribution in [0.1, 0.15) is 36.9 Å². The van der Waals surface area contributed by atoms with Gasteiger partial charge in [0.1, 0.15) is 5.75 Å². The number of aliphatic hydroxyl groups is 1. The first-order chi connectivity index (χ1) is 10.1. The Bertz CT molecular complexity index is 610. The Morgan fingerprint density at radius 2 is 2.05 bits per heavy atom. The second-order valence-electron chi connectivity index (χ2n) is 4.85. The van der Waals surface area contributed by atoms with Crippen LogP contribution in [0.4, 0.5) is 0 Å². The van der Waals surface area contributed by atoms with Crippen LogP contribution < -0.4 is 4.74 Å². The topological polar surface area (TPSA) is 47.3 Å². The molecule has 4 nitrogen and oxygen atoms in total. The van der Waals surface area contributed by atoms with E-state index < -0.39 is 6.10 Å². The van der Waals surface area contributed by atoms with Crippen molar-refractivity contribution in [1.82, 2.24) is 9.78 Å². The van der Waals surface area contributed by atoms with Gasteiger partial charge >= 0.3 is 0 Å². The number of halogens is 1. The third kappa shape index (κ3) is 3.47. The molecule has 5 heteroatoms. The van der Waals surface area contributed by atoms with Gasteiger partial charge in [0, 0.05) is 18.5 Å². The predicted molar refractivity (Wildman–Crippen MR) is 86.6 cm³/mol. The molecule has 0 saturated heterocycles. The van der Waals surface area contributed by atoms with Gasteiger partial charge in [-0.3, -0.25) is 4.68 Å². The molecule has 0 aliphatic rings. The van der Waals surface area contributed by atoms with E-state index in [1.54, 1.807) is 0 Å². The van der Waals surface area contributed by atoms with Crippen molar-refractivity contribution < 1.29 is 9.84 Å². The molecule has 2 aromatic rings. The first-order valence-electron chi connectivity index (χ1n) is 7.20. The second kappa shape index (κ2) is 7.09. The Labute approximate surface area is 133 Å². The van der Waals surface area contributed by atoms with Crippen molar-refractivity contribution in [2.24, 2.45) is 0 Å². The number of para-hydroxylation sites is 1. The molecule has 0 aliphatic heterocycles. The number of hydrogen-bond donors (Lipinski definition) is 1. The van der Waals surface area contributed by atoms with E-state index in [4.69, 9.17) is 4.74 Å². The summed E-state index contributed by atoms with van der Waals surface area (Å²) in [5, 5.41) is 15.1. The fourth-order valence-corrected chi connectivity index (χ4v) is 2.85. The molecule has 2 rings (SSSR count). The van der Waals surface area contributed by atoms with Crippen LogP contribution >= 0.6 is 15.9 Å². The lowest BCUT2D eigenvalue weighted by atomic mass is 10.0. The van der Waals surface area contributed by atoms with Gasteiger partial charge in [-0.2, -0.15) is 5.10 Å². The molecule has 0 aliphatic carbocycles. The Balaban J connectivity index is 2.28. The first kappa shape index (κ1) is 16.0. The minimum absolute atomic E-state index is 0.499. The molecule has 0 amide bonds. The van der Waals surface area contributed by atoms with E-state index in [0.29, 0.717) is 13.0 Å². The largest absolute Gasteiger partial charge is 0.493 e. The minimum Gasteiger partial charge on any atom is -0.493 e. The fourth-order valence-electron chi connectivity index (χ4n) is 2.40. The quantitative estimate of drug-likeness (QED) is 0.862. The zero-order valence-electron chi connectivity index (χ0n) is 12.6. The lowest BCUT2D eigenvalue weighted by Crippen LogP contribution is -2.10. The highest BCUT2D eigenvalue weighted by atomic mass is 79.9. The molecule has 1 N–H and O–H groups in total. The van der Waals surface area contributed by atoms with Crippen molar-refractivity contribution >= 4 is 15.9 Å². The van der Waals surface area contributed by atoms with Gasteiger partial charge in [0.25, 0.3) is 0 Å². The summed E-state index contributed by atoms with van der Waals surface area (Å²) in [4.78, 5) is 0. The van der Waals surface area contributed by atoms with Gasteiger partial charge < -0.3 is 9.84 Å². The summed E-state index contributed by atoms with van der Waals surface area (Å²) >= 11 is 3.57. The maximum Gasteiger partial charge on any atom is 0.125 e. The van der Waals surface area contributed by atoms with Crippen molar-refractivity contribution in [2.75, 3.05) is 6.61 Å². The van der Waals surface area contributed by atoms with Crippen LogP contribution in [0.5, 0.6) is 5.75 Å². The molecule has 1 aromatic carbocycles. The summed E-state index contributed by atoms with van der Waals surface area (Å²) in [6.07, 6.45) is -0.121. The van der Waals surface area contributed by atoms with E-state index in [0.717, 1.165) is 33.7 Å². The van der Waals surface area contributed by atoms with E-state index in [1.165, 1.54) is 0 Å². The zero-order chi connectivity index (χ0) is 15.4. The molecule has 0 radical (unpaired) electrons. The van der Waals surface area contributed by atoms with Gasteiger partial charge in [-0.25, -0.2) is 0 Å². The van der Waals surface area contributed by atoms with Crippen LogP contribution in [0.2, 0.25) is 0 Å². The number of benzene rings is 1. The number of aryl methyl sites for hydroxylation is 2. The summed E-state index contributed by atoms with van der Waals surface area (Å²) in [6.45, 7) is 7.31. The average Bonchev–Trinajstić information content (AvgIpc) is 2.76. The van der Waals surface area contributed by atoms with Gasteiger partial charge in [-0.05, 0) is 42.8 Å². The summed E-state index contributed by atoms with van der Waals surface area (Å²) in [5.74, 6) is 0.739. The smallest absolute Gasteiger partial charge is 0.125 e. The van der Waals surface area contributed by atoms with E-state index in [1.807, 2.05) is 49.7 Å². The Kier molecular flexibility index (Phi) is 5.42. The van der Waals surface area contributed by atoms with Gasteiger partial charge in [0.2, 0.25) is 0 Å². The number of rotatable bonds is 6. The average molecular weight is 353 g/mol. The third-order valence-corrected chi connectivity index (χ3v) is 4.45. The maximum atomic E-state index is 10.6. The van der Waals surface area contributed by atoms with Crippen molar-refractivity contribution in [3.8, 4) is 5.75 Å². The number of ether oxygens (including phenoxy) is 1. The Hall–Kier alpha value is -1.33. The zero-order valence-corrected chi connectivity index (χ0v) is 14.2. The van der Waals surface area contributed by atoms with Crippen molar-refractivity contribution in [1.29, 1.82) is 0 Å². The van der Waals surface area contributed by atoms with Crippen LogP contribution in [-0.2, 0) is 13.0 Å². The number of aromatic nitrogens is 2. The standard InChI is InChI=1S/C16H21BrN2O2/c1-4-19-13(16(17)11(3)18-19)10-14(20)12-8-6-7-9-15(12)21-5-2/h6-9,14,20H,4-5,10H2,1-3H3. The molecule has 1 unspecified atom stereocenters. The normalized spacial score (nSPS) is 12.4. The molecule has 0 fully saturated rings. The summed E-state index contributed by atoms with van der Waals surface area (Å²) < 4.78 is 8.49. The number of aliphatic hydroxyl groups excluding tert-OH is 1. The number of nitrogens with zero attached hydrogens (tertiary/aromatic N) is 2. The van der Waals surface area contributed by atoms with Crippen molar-refractivity contribution in [3.63, 3.8) is 0 Å². The van der Waals surface area contributed by atoms with Crippen molar-refractivity contribution in [2.45, 2.75) is 39.8 Å². The molecule has 114 valence electrons. The van der Waals surface area contributed by atoms with Gasteiger partial charge in [-0.1, -0.05) is 18.2 Å². The van der Waals surface area contributed by atoms with Crippen LogP contribution in [0.3, 0.4) is 0 Å². The molecule has 0 saturated carbocycles. The molecule has 0 bridgehead atoms. The fraction of sp³-hybridized carbons (Fsp3) is 0.438. The Morgan fingerprint density at radius 1 is 1.33 bits per heavy atom. The summed E-state index contributed by atoms with van der Waals surface area (Å²) in [6, 6.07) is 7.62. The first-order valence-corrected chi connectivity index (χ1v) is 7.99. The van der Waals surface area contributed by atoms with E-state index in [-0.39, 0.29) is 0 Å². The molecule has 0 spiro atoms. The van der Waals surface area contributed by atoms with Gasteiger partial charge in [0.15, 0.2) is 0 Å². The monoisotopic (exact) mass is 352 g/mol. The van der Waals surface area contributed by atoms with E-state index in [9.17, 15) is 5.11 Å². The summed E-state index contributed by atoms with van der Waals surface area (Å²) in [7, 11) is 0. The van der Waals surface area contributed by atoms with Crippen LogP contribution in [0.15, 0.2) is 28.7 Å². The summed E-state index contributed by atoms with van der Waals surface area (Å²) in [5.41, 5.74) is 2.76. The molecule has 1 heterocycles. The molecule has 1 aromatic heterocycles. The molecule has 1 atom stereocenters. The second-order valence-corrected chi connectivity index (χ2v) is 5.65. The Morgan fingerprint density at radius 3 is 2.71 bits per heavy atom. The lowest BCUT2D eigenvalue weighted by molar-refractivity contribution is 0.169. The minimum atomic E-state index is -0.620. The predicted octanol–water partition coefficient (Wildman–Crippen LogP) is 3.65. The van der Waals surface area contributed by atoms with Gasteiger partial charge in [0.05, 0.1) is 28.6 Å². The molecule has 21 heavy (non-hydrogen) atoms. The van der Waals surface area contributed by atoms with Crippen LogP contribution in [0, 0.1) is 6.92 Å². The highest BCUT2D eigenvalue weighted by molar-refractivity contribution is 9.10. The van der Waals surface area contributed by atoms with Crippen LogP contribution in [-0.4, -0.2) is 21.5 Å². The number of hydrogen-bond acceptors (Lipinski definition) is 3. The van der Waals surface area contributed by atoms with E-state index >= 15 is 0 Å². The van der Waals surface area contributed by atoms with Gasteiger partial charge in [-0.15, -0.1) is 0 Å². The SMILES string of the molecule is CCOc1ccccc1C(O)Cc1c(Br)c(C)nn1CC. The van der Waals surface area contributed by atoms with E-state index in [2.05, 4.69) is 21.0 Å². The van der Waals surface area contributed by atoms with Crippen molar-refractivity contribution in [3.05, 3.63) is 45.7 Å². The van der Waals surface area contributed by atoms with Crippen LogP contribution in [0.25, 0.3) is 0 Å². The molecular weight excluding hydrogens is 332 g/mol. The molecular formula is C16H21BrN2O2. The highest BCUT2D eigenvalue weighted by Crippen LogP contribution is 2.30. The maximum absolute atomic E-state index is 10.6. The lowest BCUT2D eigenvalue weighted by Gasteiger charge is -2.16.